The molecule has 7 nitrogen and oxygen atoms in total. The molecule has 200 valence electrons. The van der Waals surface area contributed by atoms with Gasteiger partial charge in [0.05, 0.1) is 22.7 Å². The van der Waals surface area contributed by atoms with Crippen molar-refractivity contribution in [3.63, 3.8) is 0 Å². The average Bonchev–Trinajstić information content (AvgIpc) is 3.45. The third kappa shape index (κ3) is 5.53. The second-order valence-corrected chi connectivity index (χ2v) is 11.4. The van der Waals surface area contributed by atoms with Crippen LogP contribution in [0.1, 0.15) is 30.4 Å². The van der Waals surface area contributed by atoms with Crippen LogP contribution in [-0.2, 0) is 26.2 Å². The summed E-state index contributed by atoms with van der Waals surface area (Å²) in [6, 6.07) is 1.65. The van der Waals surface area contributed by atoms with E-state index >= 15 is 0 Å². The number of nitrogens with one attached hydrogen (secondary N) is 2. The maximum absolute atomic E-state index is 15.0. The summed E-state index contributed by atoms with van der Waals surface area (Å²) in [7, 11) is -3.46. The highest BCUT2D eigenvalue weighted by Crippen LogP contribution is 2.51. The van der Waals surface area contributed by atoms with Crippen LogP contribution in [0.5, 0.6) is 0 Å². The molecule has 0 radical (unpaired) electrons. The van der Waals surface area contributed by atoms with Crippen LogP contribution in [0.15, 0.2) is 30.3 Å². The smallest absolute Gasteiger partial charge is 0.326 e. The highest BCUT2D eigenvalue weighted by atomic mass is 32.2. The average molecular weight is 549 g/mol. The molecule has 3 amide bonds. The normalized spacial score (nSPS) is 19.2. The van der Waals surface area contributed by atoms with E-state index in [1.54, 1.807) is 0 Å². The summed E-state index contributed by atoms with van der Waals surface area (Å²) in [6.45, 7) is -0.0946. The van der Waals surface area contributed by atoms with Crippen LogP contribution in [-0.4, -0.2) is 45.0 Å². The fourth-order valence-corrected chi connectivity index (χ4v) is 5.91. The lowest BCUT2D eigenvalue weighted by Crippen LogP contribution is -2.43. The van der Waals surface area contributed by atoms with Crippen molar-refractivity contribution in [2.24, 2.45) is 0 Å². The summed E-state index contributed by atoms with van der Waals surface area (Å²) in [5.41, 5.74) is -3.29. The van der Waals surface area contributed by atoms with Crippen molar-refractivity contribution in [3.8, 4) is 0 Å². The Morgan fingerprint density at radius 1 is 1.11 bits per heavy atom. The van der Waals surface area contributed by atoms with Gasteiger partial charge in [0.15, 0.2) is 11.6 Å². The van der Waals surface area contributed by atoms with Crippen molar-refractivity contribution >= 4 is 33.2 Å². The standard InChI is InChI=1S/C23H21F6N3O4S/c1-37(35,36)11-22(7-8-22)13-3-5-17(19(26)18(13)25)32-9-6-16(20(32)33)31-21(34)30-15-4-2-12(10-14(15)24)23(27,28)29/h2-5,10,16H,6-9,11H2,1H3,(H2,30,31,34)/t16-/m1/s1. The molecule has 0 unspecified atom stereocenters. The molecule has 1 atom stereocenters. The first-order valence-electron chi connectivity index (χ1n) is 11.0. The summed E-state index contributed by atoms with van der Waals surface area (Å²) < 4.78 is 105. The van der Waals surface area contributed by atoms with Gasteiger partial charge >= 0.3 is 12.2 Å². The number of alkyl halides is 3. The highest BCUT2D eigenvalue weighted by Gasteiger charge is 2.49. The molecule has 0 spiro atoms. The Hall–Kier alpha value is -3.29. The van der Waals surface area contributed by atoms with Crippen molar-refractivity contribution < 1.29 is 44.3 Å². The van der Waals surface area contributed by atoms with Crippen molar-refractivity contribution in [2.45, 2.75) is 36.9 Å². The van der Waals surface area contributed by atoms with Crippen LogP contribution in [0.25, 0.3) is 0 Å². The van der Waals surface area contributed by atoms with Gasteiger partial charge in [-0.25, -0.2) is 26.4 Å². The van der Waals surface area contributed by atoms with E-state index < -0.39 is 68.1 Å². The van der Waals surface area contributed by atoms with Crippen LogP contribution < -0.4 is 15.5 Å². The van der Waals surface area contributed by atoms with Crippen LogP contribution in [0, 0.1) is 17.5 Å². The molecule has 0 aromatic heterocycles. The molecule has 2 N–H and O–H groups in total. The van der Waals surface area contributed by atoms with E-state index in [-0.39, 0.29) is 36.0 Å². The molecule has 2 aliphatic rings. The van der Waals surface area contributed by atoms with E-state index in [2.05, 4.69) is 5.32 Å². The number of benzene rings is 2. The zero-order chi connectivity index (χ0) is 27.3. The molecule has 1 saturated carbocycles. The topological polar surface area (TPSA) is 95.6 Å². The third-order valence-electron chi connectivity index (χ3n) is 6.37. The molecule has 1 heterocycles. The summed E-state index contributed by atoms with van der Waals surface area (Å²) in [5.74, 6) is -5.04. The van der Waals surface area contributed by atoms with E-state index in [1.165, 1.54) is 12.1 Å². The van der Waals surface area contributed by atoms with Crippen LogP contribution in [0.3, 0.4) is 0 Å². The molecule has 1 aliphatic carbocycles. The zero-order valence-corrected chi connectivity index (χ0v) is 20.1. The number of halogens is 6. The first kappa shape index (κ1) is 26.8. The Morgan fingerprint density at radius 2 is 1.78 bits per heavy atom. The zero-order valence-electron chi connectivity index (χ0n) is 19.3. The fourth-order valence-electron chi connectivity index (χ4n) is 4.46. The molecule has 14 heteroatoms. The lowest BCUT2D eigenvalue weighted by molar-refractivity contribution is -0.137. The van der Waals surface area contributed by atoms with E-state index in [0.29, 0.717) is 18.9 Å². The van der Waals surface area contributed by atoms with Gasteiger partial charge in [0.1, 0.15) is 21.7 Å². The first-order chi connectivity index (χ1) is 17.1. The van der Waals surface area contributed by atoms with Crippen molar-refractivity contribution in [1.29, 1.82) is 0 Å². The van der Waals surface area contributed by atoms with E-state index in [0.717, 1.165) is 17.2 Å². The Morgan fingerprint density at radius 3 is 2.35 bits per heavy atom. The SMILES string of the molecule is CS(=O)(=O)CC1(c2ccc(N3CC[C@@H](NC(=O)Nc4ccc(C(F)(F)F)cc4F)C3=O)c(F)c2F)CC1. The lowest BCUT2D eigenvalue weighted by Gasteiger charge is -2.21. The van der Waals surface area contributed by atoms with Gasteiger partial charge in [-0.2, -0.15) is 13.2 Å². The molecule has 2 aromatic rings. The number of sulfone groups is 1. The Balaban J connectivity index is 1.45. The summed E-state index contributed by atoms with van der Waals surface area (Å²) in [4.78, 5) is 25.9. The Labute approximate surface area is 207 Å². The number of hydrogen-bond donors (Lipinski definition) is 2. The summed E-state index contributed by atoms with van der Waals surface area (Å²) in [6.07, 6.45) is -3.03. The van der Waals surface area contributed by atoms with Gasteiger partial charge in [0, 0.05) is 18.2 Å². The van der Waals surface area contributed by atoms with Gasteiger partial charge in [0.2, 0.25) is 5.91 Å². The maximum atomic E-state index is 15.0. The number of anilines is 2. The number of carbonyl (C=O) groups excluding carboxylic acids is 2. The van der Waals surface area contributed by atoms with E-state index in [9.17, 15) is 44.3 Å². The number of amides is 3. The monoisotopic (exact) mass is 549 g/mol. The largest absolute Gasteiger partial charge is 0.416 e. The predicted molar refractivity (Wildman–Crippen MR) is 121 cm³/mol. The number of rotatable bonds is 6. The van der Waals surface area contributed by atoms with Gasteiger partial charge < -0.3 is 15.5 Å². The minimum absolute atomic E-state index is 0.0113. The molecule has 2 aromatic carbocycles. The van der Waals surface area contributed by atoms with Crippen LogP contribution in [0.2, 0.25) is 0 Å². The molecular formula is C23H21F6N3O4S. The maximum Gasteiger partial charge on any atom is 0.416 e. The molecule has 1 aliphatic heterocycles. The minimum atomic E-state index is -4.78. The summed E-state index contributed by atoms with van der Waals surface area (Å²) in [5, 5.41) is 4.26. The predicted octanol–water partition coefficient (Wildman–Crippen LogP) is 4.13. The molecular weight excluding hydrogens is 528 g/mol. The quantitative estimate of drug-likeness (QED) is 0.530. The number of nitrogens with zero attached hydrogens (tertiary/aromatic N) is 1. The molecule has 2 fully saturated rings. The first-order valence-corrected chi connectivity index (χ1v) is 13.1. The van der Waals surface area contributed by atoms with Gasteiger partial charge in [-0.15, -0.1) is 0 Å². The van der Waals surface area contributed by atoms with Gasteiger partial charge in [-0.3, -0.25) is 4.79 Å². The highest BCUT2D eigenvalue weighted by molar-refractivity contribution is 7.90. The lowest BCUT2D eigenvalue weighted by atomic mass is 9.96. The second-order valence-electron chi connectivity index (χ2n) is 9.23. The Kier molecular flexibility index (Phi) is 6.67. The summed E-state index contributed by atoms with van der Waals surface area (Å²) >= 11 is 0. The third-order valence-corrected chi connectivity index (χ3v) is 7.45. The Bertz CT molecular complexity index is 1380. The van der Waals surface area contributed by atoms with Gasteiger partial charge in [-0.05, 0) is 49.1 Å². The molecule has 1 saturated heterocycles. The molecule has 0 bridgehead atoms. The van der Waals surface area contributed by atoms with Gasteiger partial charge in [-0.1, -0.05) is 6.07 Å². The van der Waals surface area contributed by atoms with Gasteiger partial charge in [0.25, 0.3) is 0 Å². The molecule has 37 heavy (non-hydrogen) atoms. The van der Waals surface area contributed by atoms with Crippen molar-refractivity contribution in [2.75, 3.05) is 28.8 Å². The number of carbonyl (C=O) groups is 2. The van der Waals surface area contributed by atoms with Crippen LogP contribution in [0.4, 0.5) is 42.5 Å². The number of urea groups is 1. The van der Waals surface area contributed by atoms with E-state index in [1.807, 2.05) is 5.32 Å². The van der Waals surface area contributed by atoms with Crippen molar-refractivity contribution in [3.05, 3.63) is 58.9 Å². The van der Waals surface area contributed by atoms with Crippen molar-refractivity contribution in [1.82, 2.24) is 5.32 Å². The minimum Gasteiger partial charge on any atom is -0.326 e. The van der Waals surface area contributed by atoms with Crippen LogP contribution >= 0.6 is 0 Å². The molecule has 4 rings (SSSR count). The number of hydrogen-bond acceptors (Lipinski definition) is 4. The second kappa shape index (κ2) is 9.23. The van der Waals surface area contributed by atoms with E-state index in [4.69, 9.17) is 0 Å². The fraction of sp³-hybridized carbons (Fsp3) is 0.391.